The maximum absolute atomic E-state index is 11.8. The van der Waals surface area contributed by atoms with Crippen LogP contribution in [0.25, 0.3) is 0 Å². The Bertz CT molecular complexity index is 552. The number of hydrogen-bond acceptors (Lipinski definition) is 3. The standard InChI is InChI=1S/C20H33N3O2/c1-2-3-4-5-6-7-8-9-10-11-12-13-14-15-19(24)22-18-16-17-21-20(25)23-18/h7-8,16-17H,2-6,9-15H2,1H3,(H2,21,22,23,24,25). The summed E-state index contributed by atoms with van der Waals surface area (Å²) < 4.78 is 0. The van der Waals surface area contributed by atoms with E-state index < -0.39 is 5.69 Å². The zero-order valence-electron chi connectivity index (χ0n) is 15.6. The monoisotopic (exact) mass is 347 g/mol. The molecule has 1 rings (SSSR count). The molecule has 0 aliphatic carbocycles. The van der Waals surface area contributed by atoms with Crippen molar-refractivity contribution in [3.8, 4) is 0 Å². The first kappa shape index (κ1) is 21.1. The van der Waals surface area contributed by atoms with Crippen LogP contribution in [-0.4, -0.2) is 15.9 Å². The van der Waals surface area contributed by atoms with E-state index in [9.17, 15) is 9.59 Å². The SMILES string of the molecule is CCCCCCC=CCCCCCCCC(=O)Nc1ccnc(=O)[nH]1. The van der Waals surface area contributed by atoms with Crippen LogP contribution in [-0.2, 0) is 4.79 Å². The molecule has 0 unspecified atom stereocenters. The number of unbranched alkanes of at least 4 members (excludes halogenated alkanes) is 9. The minimum absolute atomic E-state index is 0.0622. The lowest BCUT2D eigenvalue weighted by Crippen LogP contribution is -2.17. The summed E-state index contributed by atoms with van der Waals surface area (Å²) in [6.45, 7) is 2.24. The first-order valence-corrected chi connectivity index (χ1v) is 9.72. The average Bonchev–Trinajstić information content (AvgIpc) is 2.59. The Morgan fingerprint density at radius 2 is 1.68 bits per heavy atom. The molecule has 1 heterocycles. The first-order chi connectivity index (χ1) is 12.2. The third kappa shape index (κ3) is 12.1. The van der Waals surface area contributed by atoms with Crippen molar-refractivity contribution in [3.63, 3.8) is 0 Å². The Hall–Kier alpha value is -1.91. The Morgan fingerprint density at radius 1 is 1.04 bits per heavy atom. The Labute approximate surface area is 151 Å². The van der Waals surface area contributed by atoms with Crippen molar-refractivity contribution in [2.75, 3.05) is 5.32 Å². The van der Waals surface area contributed by atoms with Crippen LogP contribution in [0.2, 0.25) is 0 Å². The highest BCUT2D eigenvalue weighted by Crippen LogP contribution is 2.09. The summed E-state index contributed by atoms with van der Waals surface area (Å²) in [5.74, 6) is 0.347. The van der Waals surface area contributed by atoms with Crippen molar-refractivity contribution >= 4 is 11.7 Å². The van der Waals surface area contributed by atoms with Crippen LogP contribution in [0, 0.1) is 0 Å². The summed E-state index contributed by atoms with van der Waals surface area (Å²) in [6.07, 6.45) is 19.8. The lowest BCUT2D eigenvalue weighted by Gasteiger charge is -2.04. The number of rotatable bonds is 14. The van der Waals surface area contributed by atoms with Gasteiger partial charge in [0.2, 0.25) is 5.91 Å². The van der Waals surface area contributed by atoms with Gasteiger partial charge in [0, 0.05) is 12.6 Å². The molecular weight excluding hydrogens is 314 g/mol. The minimum Gasteiger partial charge on any atom is -0.312 e. The molecule has 25 heavy (non-hydrogen) atoms. The molecule has 0 bridgehead atoms. The maximum atomic E-state index is 11.8. The molecule has 0 fully saturated rings. The van der Waals surface area contributed by atoms with Crippen molar-refractivity contribution in [1.29, 1.82) is 0 Å². The van der Waals surface area contributed by atoms with E-state index in [1.54, 1.807) is 6.07 Å². The molecule has 0 aliphatic rings. The molecule has 5 nitrogen and oxygen atoms in total. The lowest BCUT2D eigenvalue weighted by atomic mass is 10.1. The first-order valence-electron chi connectivity index (χ1n) is 9.72. The van der Waals surface area contributed by atoms with Gasteiger partial charge in [0.15, 0.2) is 0 Å². The van der Waals surface area contributed by atoms with E-state index in [1.165, 1.54) is 64.0 Å². The fourth-order valence-electron chi connectivity index (χ4n) is 2.66. The van der Waals surface area contributed by atoms with Crippen LogP contribution in [0.4, 0.5) is 5.82 Å². The quantitative estimate of drug-likeness (QED) is 0.369. The number of carbonyl (C=O) groups is 1. The van der Waals surface area contributed by atoms with Crippen LogP contribution >= 0.6 is 0 Å². The Kier molecular flexibility index (Phi) is 12.2. The Morgan fingerprint density at radius 3 is 2.36 bits per heavy atom. The van der Waals surface area contributed by atoms with Crippen LogP contribution in [0.15, 0.2) is 29.2 Å². The predicted octanol–water partition coefficient (Wildman–Crippen LogP) is 4.97. The number of aromatic nitrogens is 2. The topological polar surface area (TPSA) is 74.8 Å². The summed E-state index contributed by atoms with van der Waals surface area (Å²) >= 11 is 0. The van der Waals surface area contributed by atoms with E-state index in [2.05, 4.69) is 34.4 Å². The highest BCUT2D eigenvalue weighted by Gasteiger charge is 2.02. The van der Waals surface area contributed by atoms with Gasteiger partial charge in [-0.2, -0.15) is 0 Å². The number of aromatic amines is 1. The fraction of sp³-hybridized carbons (Fsp3) is 0.650. The largest absolute Gasteiger partial charge is 0.346 e. The number of nitrogens with zero attached hydrogens (tertiary/aromatic N) is 1. The molecule has 0 saturated heterocycles. The number of amides is 1. The lowest BCUT2D eigenvalue weighted by molar-refractivity contribution is -0.116. The minimum atomic E-state index is -0.451. The molecule has 0 saturated carbocycles. The number of anilines is 1. The summed E-state index contributed by atoms with van der Waals surface area (Å²) in [5, 5.41) is 2.68. The highest BCUT2D eigenvalue weighted by molar-refractivity contribution is 5.89. The fourth-order valence-corrected chi connectivity index (χ4v) is 2.66. The van der Waals surface area contributed by atoms with Gasteiger partial charge in [0.25, 0.3) is 0 Å². The number of nitrogens with one attached hydrogen (secondary N) is 2. The van der Waals surface area contributed by atoms with E-state index in [0.29, 0.717) is 12.2 Å². The third-order valence-electron chi connectivity index (χ3n) is 4.11. The van der Waals surface area contributed by atoms with Gasteiger partial charge < -0.3 is 5.32 Å². The molecule has 1 aromatic heterocycles. The highest BCUT2D eigenvalue weighted by atomic mass is 16.2. The van der Waals surface area contributed by atoms with E-state index in [4.69, 9.17) is 0 Å². The van der Waals surface area contributed by atoms with Crippen molar-refractivity contribution in [2.24, 2.45) is 0 Å². The van der Waals surface area contributed by atoms with Gasteiger partial charge in [-0.1, -0.05) is 57.6 Å². The van der Waals surface area contributed by atoms with E-state index >= 15 is 0 Å². The predicted molar refractivity (Wildman–Crippen MR) is 104 cm³/mol. The smallest absolute Gasteiger partial charge is 0.312 e. The summed E-state index contributed by atoms with van der Waals surface area (Å²) in [4.78, 5) is 28.8. The van der Waals surface area contributed by atoms with Crippen molar-refractivity contribution in [1.82, 2.24) is 9.97 Å². The van der Waals surface area contributed by atoms with Crippen LogP contribution in [0.3, 0.4) is 0 Å². The van der Waals surface area contributed by atoms with Crippen LogP contribution in [0.5, 0.6) is 0 Å². The van der Waals surface area contributed by atoms with Crippen molar-refractivity contribution in [3.05, 3.63) is 34.9 Å². The van der Waals surface area contributed by atoms with Crippen molar-refractivity contribution < 1.29 is 4.79 Å². The zero-order chi connectivity index (χ0) is 18.2. The molecule has 5 heteroatoms. The zero-order valence-corrected chi connectivity index (χ0v) is 15.6. The summed E-state index contributed by atoms with van der Waals surface area (Å²) in [6, 6.07) is 1.58. The molecule has 0 atom stereocenters. The van der Waals surface area contributed by atoms with Gasteiger partial charge in [0.1, 0.15) is 5.82 Å². The summed E-state index contributed by atoms with van der Waals surface area (Å²) in [5.41, 5.74) is -0.451. The second-order valence-electron chi connectivity index (χ2n) is 6.46. The van der Waals surface area contributed by atoms with Crippen molar-refractivity contribution in [2.45, 2.75) is 84.0 Å². The number of carbonyl (C=O) groups excluding carboxylic acids is 1. The molecule has 0 aliphatic heterocycles. The van der Waals surface area contributed by atoms with Gasteiger partial charge in [-0.25, -0.2) is 9.78 Å². The van der Waals surface area contributed by atoms with E-state index in [1.807, 2.05) is 0 Å². The molecular formula is C20H33N3O2. The molecule has 1 aromatic rings. The Balaban J connectivity index is 1.92. The summed E-state index contributed by atoms with van der Waals surface area (Å²) in [7, 11) is 0. The molecule has 0 spiro atoms. The van der Waals surface area contributed by atoms with E-state index in [0.717, 1.165) is 12.8 Å². The second kappa shape index (κ2) is 14.4. The van der Waals surface area contributed by atoms with Gasteiger partial charge in [-0.05, 0) is 38.2 Å². The number of allylic oxidation sites excluding steroid dienone is 2. The normalized spacial score (nSPS) is 11.1. The maximum Gasteiger partial charge on any atom is 0.346 e. The molecule has 0 aromatic carbocycles. The van der Waals surface area contributed by atoms with E-state index in [-0.39, 0.29) is 5.91 Å². The molecule has 2 N–H and O–H groups in total. The molecule has 1 amide bonds. The molecule has 0 radical (unpaired) electrons. The van der Waals surface area contributed by atoms with Crippen LogP contribution in [0.1, 0.15) is 84.0 Å². The van der Waals surface area contributed by atoms with Gasteiger partial charge in [0.05, 0.1) is 0 Å². The van der Waals surface area contributed by atoms with Crippen LogP contribution < -0.4 is 11.0 Å². The number of H-pyrrole nitrogens is 1. The average molecular weight is 348 g/mol. The van der Waals surface area contributed by atoms with Gasteiger partial charge in [-0.15, -0.1) is 0 Å². The van der Waals surface area contributed by atoms with Gasteiger partial charge >= 0.3 is 5.69 Å². The van der Waals surface area contributed by atoms with Gasteiger partial charge in [-0.3, -0.25) is 9.78 Å². The number of hydrogen-bond donors (Lipinski definition) is 2. The second-order valence-corrected chi connectivity index (χ2v) is 6.46. The molecule has 140 valence electrons. The third-order valence-corrected chi connectivity index (χ3v) is 4.11.